The third-order valence-electron chi connectivity index (χ3n) is 2.20. The van der Waals surface area contributed by atoms with E-state index in [1.807, 2.05) is 0 Å². The quantitative estimate of drug-likeness (QED) is 0.834. The predicted molar refractivity (Wildman–Crippen MR) is 60.3 cm³/mol. The van der Waals surface area contributed by atoms with Gasteiger partial charge in [0.1, 0.15) is 5.75 Å². The largest absolute Gasteiger partial charge is 0.507 e. The Morgan fingerprint density at radius 2 is 1.93 bits per heavy atom. The Kier molecular flexibility index (Phi) is 2.36. The van der Waals surface area contributed by atoms with Crippen LogP contribution in [-0.2, 0) is 0 Å². The fourth-order valence-corrected chi connectivity index (χ4v) is 2.10. The minimum absolute atomic E-state index is 0.0717. The molecule has 2 aromatic rings. The third-order valence-corrected chi connectivity index (χ3v) is 2.86. The maximum atomic E-state index is 10.9. The molecular weight excluding hydrogens is 260 g/mol. The van der Waals surface area contributed by atoms with Crippen LogP contribution in [0.25, 0.3) is 10.8 Å². The zero-order valence-electron chi connectivity index (χ0n) is 7.57. The van der Waals surface area contributed by atoms with Crippen molar-refractivity contribution >= 4 is 32.7 Å². The van der Waals surface area contributed by atoms with Crippen LogP contribution in [-0.4, -0.2) is 16.2 Å². The molecule has 2 aromatic carbocycles. The summed E-state index contributed by atoms with van der Waals surface area (Å²) in [5.41, 5.74) is 0.184. The zero-order valence-corrected chi connectivity index (χ0v) is 9.15. The van der Waals surface area contributed by atoms with Crippen LogP contribution in [0.5, 0.6) is 5.75 Å². The maximum absolute atomic E-state index is 10.9. The van der Waals surface area contributed by atoms with Crippen molar-refractivity contribution in [1.29, 1.82) is 0 Å². The van der Waals surface area contributed by atoms with Gasteiger partial charge in [0.05, 0.1) is 5.56 Å². The number of rotatable bonds is 1. The second-order valence-corrected chi connectivity index (χ2v) is 3.95. The van der Waals surface area contributed by atoms with Crippen LogP contribution in [0.4, 0.5) is 0 Å². The molecule has 0 aliphatic rings. The lowest BCUT2D eigenvalue weighted by molar-refractivity contribution is 0.0699. The SMILES string of the molecule is O=C(O)c1ccc(O)c2c(Br)cccc12. The molecule has 0 aliphatic carbocycles. The Morgan fingerprint density at radius 1 is 1.20 bits per heavy atom. The summed E-state index contributed by atoms with van der Waals surface area (Å²) in [6.45, 7) is 0. The van der Waals surface area contributed by atoms with Crippen LogP contribution in [0.3, 0.4) is 0 Å². The minimum atomic E-state index is -1.00. The van der Waals surface area contributed by atoms with Gasteiger partial charge in [0.25, 0.3) is 0 Å². The van der Waals surface area contributed by atoms with E-state index in [2.05, 4.69) is 15.9 Å². The van der Waals surface area contributed by atoms with Crippen LogP contribution < -0.4 is 0 Å². The van der Waals surface area contributed by atoms with Crippen LogP contribution in [0.2, 0.25) is 0 Å². The normalized spacial score (nSPS) is 10.5. The second kappa shape index (κ2) is 3.55. The van der Waals surface area contributed by atoms with Crippen LogP contribution in [0.15, 0.2) is 34.8 Å². The number of carboxylic acid groups (broad SMARTS) is 1. The zero-order chi connectivity index (χ0) is 11.0. The van der Waals surface area contributed by atoms with Crippen molar-refractivity contribution in [2.45, 2.75) is 0 Å². The van der Waals surface area contributed by atoms with E-state index in [0.29, 0.717) is 15.2 Å². The lowest BCUT2D eigenvalue weighted by atomic mass is 10.0. The van der Waals surface area contributed by atoms with Crippen molar-refractivity contribution in [3.05, 3.63) is 40.4 Å². The van der Waals surface area contributed by atoms with E-state index in [0.717, 1.165) is 0 Å². The van der Waals surface area contributed by atoms with E-state index >= 15 is 0 Å². The number of hydrogen-bond acceptors (Lipinski definition) is 2. The monoisotopic (exact) mass is 266 g/mol. The number of carboxylic acids is 1. The number of aromatic carboxylic acids is 1. The van der Waals surface area contributed by atoms with Crippen molar-refractivity contribution in [2.75, 3.05) is 0 Å². The van der Waals surface area contributed by atoms with Gasteiger partial charge in [0.2, 0.25) is 0 Å². The Balaban J connectivity index is 2.95. The number of fused-ring (bicyclic) bond motifs is 1. The summed E-state index contributed by atoms with van der Waals surface area (Å²) in [6.07, 6.45) is 0. The van der Waals surface area contributed by atoms with E-state index in [-0.39, 0.29) is 11.3 Å². The first-order valence-electron chi connectivity index (χ1n) is 4.25. The van der Waals surface area contributed by atoms with Gasteiger partial charge in [0.15, 0.2) is 0 Å². The van der Waals surface area contributed by atoms with Gasteiger partial charge in [-0.15, -0.1) is 0 Å². The molecule has 0 aliphatic heterocycles. The van der Waals surface area contributed by atoms with Gasteiger partial charge >= 0.3 is 5.97 Å². The molecule has 0 unspecified atom stereocenters. The summed E-state index contributed by atoms with van der Waals surface area (Å²) < 4.78 is 0.681. The average molecular weight is 267 g/mol. The molecule has 0 amide bonds. The van der Waals surface area contributed by atoms with Crippen molar-refractivity contribution in [3.63, 3.8) is 0 Å². The number of benzene rings is 2. The fourth-order valence-electron chi connectivity index (χ4n) is 1.53. The van der Waals surface area contributed by atoms with E-state index < -0.39 is 5.97 Å². The molecule has 0 bridgehead atoms. The van der Waals surface area contributed by atoms with Gasteiger partial charge < -0.3 is 10.2 Å². The smallest absolute Gasteiger partial charge is 0.336 e. The highest BCUT2D eigenvalue weighted by atomic mass is 79.9. The fraction of sp³-hybridized carbons (Fsp3) is 0. The molecule has 0 saturated carbocycles. The molecule has 0 heterocycles. The third kappa shape index (κ3) is 1.57. The van der Waals surface area contributed by atoms with Gasteiger partial charge in [-0.1, -0.05) is 28.1 Å². The Labute approximate surface area is 94.1 Å². The molecule has 2 N–H and O–H groups in total. The summed E-state index contributed by atoms with van der Waals surface area (Å²) in [7, 11) is 0. The lowest BCUT2D eigenvalue weighted by Gasteiger charge is -2.06. The Hall–Kier alpha value is -1.55. The van der Waals surface area contributed by atoms with Crippen LogP contribution in [0.1, 0.15) is 10.4 Å². The first kappa shape index (κ1) is 9.98. The number of halogens is 1. The summed E-state index contributed by atoms with van der Waals surface area (Å²) in [4.78, 5) is 10.9. The van der Waals surface area contributed by atoms with Crippen molar-refractivity contribution < 1.29 is 15.0 Å². The molecule has 0 spiro atoms. The minimum Gasteiger partial charge on any atom is -0.507 e. The van der Waals surface area contributed by atoms with Crippen molar-refractivity contribution in [2.24, 2.45) is 0 Å². The molecule has 0 fully saturated rings. The van der Waals surface area contributed by atoms with Crippen LogP contribution >= 0.6 is 15.9 Å². The highest BCUT2D eigenvalue weighted by Crippen LogP contribution is 2.33. The standard InChI is InChI=1S/C11H7BrO3/c12-8-3-1-2-6-7(11(14)15)4-5-9(13)10(6)8/h1-5,13H,(H,14,15). The van der Waals surface area contributed by atoms with E-state index in [1.54, 1.807) is 18.2 Å². The summed E-state index contributed by atoms with van der Waals surface area (Å²) in [5, 5.41) is 19.7. The van der Waals surface area contributed by atoms with Gasteiger partial charge in [-0.3, -0.25) is 0 Å². The number of phenolic OH excluding ortho intramolecular Hbond substituents is 1. The number of carbonyl (C=O) groups is 1. The van der Waals surface area contributed by atoms with Gasteiger partial charge in [-0.05, 0) is 18.2 Å². The molecule has 76 valence electrons. The maximum Gasteiger partial charge on any atom is 0.336 e. The highest BCUT2D eigenvalue weighted by molar-refractivity contribution is 9.10. The lowest BCUT2D eigenvalue weighted by Crippen LogP contribution is -1.97. The molecule has 0 aromatic heterocycles. The molecule has 0 atom stereocenters. The van der Waals surface area contributed by atoms with E-state index in [4.69, 9.17) is 5.11 Å². The number of phenols is 1. The predicted octanol–water partition coefficient (Wildman–Crippen LogP) is 3.01. The molecule has 0 radical (unpaired) electrons. The van der Waals surface area contributed by atoms with E-state index in [1.165, 1.54) is 12.1 Å². The molecule has 4 heteroatoms. The second-order valence-electron chi connectivity index (χ2n) is 3.10. The topological polar surface area (TPSA) is 57.5 Å². The number of aromatic hydroxyl groups is 1. The van der Waals surface area contributed by atoms with Crippen molar-refractivity contribution in [1.82, 2.24) is 0 Å². The van der Waals surface area contributed by atoms with Gasteiger partial charge in [0, 0.05) is 15.2 Å². The Morgan fingerprint density at radius 3 is 2.60 bits per heavy atom. The first-order chi connectivity index (χ1) is 7.11. The van der Waals surface area contributed by atoms with Gasteiger partial charge in [-0.2, -0.15) is 0 Å². The molecule has 2 rings (SSSR count). The Bertz CT molecular complexity index is 541. The van der Waals surface area contributed by atoms with Crippen LogP contribution in [0, 0.1) is 0 Å². The molecule has 3 nitrogen and oxygen atoms in total. The summed E-state index contributed by atoms with van der Waals surface area (Å²) in [6, 6.07) is 7.94. The number of hydrogen-bond donors (Lipinski definition) is 2. The molecule has 0 saturated heterocycles. The summed E-state index contributed by atoms with van der Waals surface area (Å²) in [5.74, 6) is -0.930. The highest BCUT2D eigenvalue weighted by Gasteiger charge is 2.12. The summed E-state index contributed by atoms with van der Waals surface area (Å²) >= 11 is 3.28. The van der Waals surface area contributed by atoms with E-state index in [9.17, 15) is 9.90 Å². The first-order valence-corrected chi connectivity index (χ1v) is 5.04. The molecular formula is C11H7BrO3. The van der Waals surface area contributed by atoms with Gasteiger partial charge in [-0.25, -0.2) is 4.79 Å². The average Bonchev–Trinajstić information content (AvgIpc) is 2.17. The molecule has 15 heavy (non-hydrogen) atoms. The van der Waals surface area contributed by atoms with Crippen molar-refractivity contribution in [3.8, 4) is 5.75 Å².